The molecule has 0 radical (unpaired) electrons. The zero-order valence-electron chi connectivity index (χ0n) is 25.8. The van der Waals surface area contributed by atoms with Crippen molar-refractivity contribution in [3.05, 3.63) is 54.7 Å². The molecule has 8 nitrogen and oxygen atoms in total. The van der Waals surface area contributed by atoms with Gasteiger partial charge in [-0.05, 0) is 113 Å². The van der Waals surface area contributed by atoms with Gasteiger partial charge in [-0.3, -0.25) is 0 Å². The summed E-state index contributed by atoms with van der Waals surface area (Å²) < 4.78 is 11.5. The Morgan fingerprint density at radius 1 is 1.05 bits per heavy atom. The smallest absolute Gasteiger partial charge is 0.233 e. The molecule has 7 rings (SSSR count). The normalized spacial score (nSPS) is 22.1. The molecule has 4 bridgehead atoms. The molecule has 2 aliphatic carbocycles. The Hall–Kier alpha value is -3.20. The van der Waals surface area contributed by atoms with Gasteiger partial charge < -0.3 is 19.3 Å². The van der Waals surface area contributed by atoms with Gasteiger partial charge in [-0.15, -0.1) is 5.10 Å². The number of nitrogens with zero attached hydrogens (tertiary/aromatic N) is 6. The highest BCUT2D eigenvalue weighted by Crippen LogP contribution is 2.50. The van der Waals surface area contributed by atoms with E-state index in [1.165, 1.54) is 44.1 Å². The van der Waals surface area contributed by atoms with Crippen LogP contribution in [0.1, 0.15) is 70.8 Å². The molecule has 4 aliphatic rings. The van der Waals surface area contributed by atoms with Crippen LogP contribution in [0.15, 0.2) is 54.2 Å². The molecule has 9 heteroatoms. The van der Waals surface area contributed by atoms with Crippen LogP contribution in [0, 0.1) is 23.7 Å². The number of rotatable bonds is 7. The summed E-state index contributed by atoms with van der Waals surface area (Å²) in [6, 6.07) is 12.3. The van der Waals surface area contributed by atoms with E-state index < -0.39 is 0 Å². The van der Waals surface area contributed by atoms with Crippen LogP contribution in [0.25, 0.3) is 11.5 Å². The quantitative estimate of drug-likeness (QED) is 0.292. The Kier molecular flexibility index (Phi) is 7.78. The van der Waals surface area contributed by atoms with Crippen molar-refractivity contribution in [3.63, 3.8) is 0 Å². The lowest BCUT2D eigenvalue weighted by Gasteiger charge is -2.34. The molecule has 1 saturated heterocycles. The van der Waals surface area contributed by atoms with Gasteiger partial charge in [0.1, 0.15) is 16.7 Å². The van der Waals surface area contributed by atoms with Crippen molar-refractivity contribution in [3.8, 4) is 11.7 Å². The summed E-state index contributed by atoms with van der Waals surface area (Å²) in [6.07, 6.45) is 12.2. The molecule has 228 valence electrons. The van der Waals surface area contributed by atoms with Crippen molar-refractivity contribution in [1.82, 2.24) is 24.5 Å². The molecular formula is C34H45N7OS. The lowest BCUT2D eigenvalue weighted by molar-refractivity contribution is 0.243. The summed E-state index contributed by atoms with van der Waals surface area (Å²) in [7, 11) is 2.14. The maximum Gasteiger partial charge on any atom is 0.233 e. The van der Waals surface area contributed by atoms with Crippen LogP contribution in [-0.2, 0) is 0 Å². The molecule has 0 aromatic carbocycles. The molecule has 1 unspecified atom stereocenters. The van der Waals surface area contributed by atoms with Gasteiger partial charge in [0.2, 0.25) is 5.88 Å². The van der Waals surface area contributed by atoms with Crippen LogP contribution < -0.4 is 19.3 Å². The SMILES string of the molecule is C=C1NSc2cccc(n2)N(C)CCCC2CN(c3nc(-n4ccc(OCCC(C5CC5)C5CC5)n4)ccc31)C(C)(C)C2. The van der Waals surface area contributed by atoms with Crippen LogP contribution >= 0.6 is 11.9 Å². The molecule has 43 heavy (non-hydrogen) atoms. The molecule has 2 saturated carbocycles. The largest absolute Gasteiger partial charge is 0.477 e. The fraction of sp³-hybridized carbons (Fsp3) is 0.559. The third kappa shape index (κ3) is 6.37. The standard InChI is InChI=1S/C34H45N7OS/c1-23-27-14-15-30(41-19-16-31(37-41)42-20-17-28(25-10-11-25)26-12-13-26)36-33(27)40-22-24(21-34(40,2)3)7-6-18-39(4)29-8-5-9-32(35-29)43-38-23/h5,8-9,14-16,19,24-26,28,38H,1,6-7,10-13,17-18,20-22H2,2-4H3. The number of aromatic nitrogens is 4. The summed E-state index contributed by atoms with van der Waals surface area (Å²) in [5.41, 5.74) is 1.80. The number of hydrogen-bond acceptors (Lipinski definition) is 8. The van der Waals surface area contributed by atoms with Gasteiger partial charge in [0.25, 0.3) is 0 Å². The number of nitrogens with one attached hydrogen (secondary N) is 1. The van der Waals surface area contributed by atoms with E-state index in [0.717, 1.165) is 90.5 Å². The third-order valence-electron chi connectivity index (χ3n) is 9.84. The zero-order valence-corrected chi connectivity index (χ0v) is 26.7. The van der Waals surface area contributed by atoms with Gasteiger partial charge in [0, 0.05) is 61.1 Å². The lowest BCUT2D eigenvalue weighted by Crippen LogP contribution is -2.39. The van der Waals surface area contributed by atoms with E-state index in [1.807, 2.05) is 29.1 Å². The van der Waals surface area contributed by atoms with E-state index in [9.17, 15) is 0 Å². The number of hydrogen-bond donors (Lipinski definition) is 1. The van der Waals surface area contributed by atoms with Crippen molar-refractivity contribution in [2.45, 2.75) is 75.8 Å². The van der Waals surface area contributed by atoms with Crippen LogP contribution in [0.5, 0.6) is 5.88 Å². The van der Waals surface area contributed by atoms with Gasteiger partial charge in [-0.25, -0.2) is 14.6 Å². The molecule has 2 aliphatic heterocycles. The molecule has 0 amide bonds. The average molecular weight is 600 g/mol. The highest BCUT2D eigenvalue weighted by molar-refractivity contribution is 7.97. The highest BCUT2D eigenvalue weighted by Gasteiger charge is 2.41. The molecule has 1 N–H and O–H groups in total. The van der Waals surface area contributed by atoms with Crippen molar-refractivity contribution in [2.75, 3.05) is 36.5 Å². The van der Waals surface area contributed by atoms with Crippen LogP contribution in [0.4, 0.5) is 11.6 Å². The fourth-order valence-electron chi connectivity index (χ4n) is 7.25. The summed E-state index contributed by atoms with van der Waals surface area (Å²) >= 11 is 1.49. The van der Waals surface area contributed by atoms with E-state index in [-0.39, 0.29) is 5.54 Å². The van der Waals surface area contributed by atoms with Crippen LogP contribution in [0.2, 0.25) is 0 Å². The minimum atomic E-state index is -0.0225. The first-order valence-corrected chi connectivity index (χ1v) is 16.9. The van der Waals surface area contributed by atoms with Crippen molar-refractivity contribution in [2.24, 2.45) is 23.7 Å². The first-order valence-electron chi connectivity index (χ1n) is 16.1. The van der Waals surface area contributed by atoms with Gasteiger partial charge >= 0.3 is 0 Å². The maximum atomic E-state index is 6.15. The molecule has 1 atom stereocenters. The fourth-order valence-corrected chi connectivity index (χ4v) is 7.87. The summed E-state index contributed by atoms with van der Waals surface area (Å²) in [4.78, 5) is 14.9. The Bertz CT molecular complexity index is 1450. The van der Waals surface area contributed by atoms with Gasteiger partial charge in [-0.2, -0.15) is 0 Å². The van der Waals surface area contributed by atoms with Crippen LogP contribution in [-0.4, -0.2) is 52.0 Å². The third-order valence-corrected chi connectivity index (χ3v) is 10.6. The predicted molar refractivity (Wildman–Crippen MR) is 175 cm³/mol. The van der Waals surface area contributed by atoms with Crippen molar-refractivity contribution in [1.29, 1.82) is 0 Å². The van der Waals surface area contributed by atoms with Gasteiger partial charge in [0.15, 0.2) is 5.82 Å². The lowest BCUT2D eigenvalue weighted by atomic mass is 9.93. The summed E-state index contributed by atoms with van der Waals surface area (Å²) in [6.45, 7) is 11.8. The van der Waals surface area contributed by atoms with Gasteiger partial charge in [-0.1, -0.05) is 12.6 Å². The van der Waals surface area contributed by atoms with E-state index in [2.05, 4.69) is 60.2 Å². The van der Waals surface area contributed by atoms with Gasteiger partial charge in [0.05, 0.1) is 6.61 Å². The van der Waals surface area contributed by atoms with E-state index >= 15 is 0 Å². The average Bonchev–Trinajstić information content (AvgIpc) is 3.94. The zero-order chi connectivity index (χ0) is 29.6. The first-order chi connectivity index (χ1) is 20.8. The number of anilines is 2. The number of fused-ring (bicyclic) bond motifs is 6. The summed E-state index contributed by atoms with van der Waals surface area (Å²) in [5.74, 6) is 6.76. The van der Waals surface area contributed by atoms with E-state index in [4.69, 9.17) is 19.8 Å². The maximum absolute atomic E-state index is 6.15. The number of ether oxygens (including phenoxy) is 1. The Morgan fingerprint density at radius 3 is 2.65 bits per heavy atom. The van der Waals surface area contributed by atoms with Crippen molar-refractivity contribution >= 4 is 29.3 Å². The molecule has 0 spiro atoms. The number of pyridine rings is 2. The van der Waals surface area contributed by atoms with Crippen molar-refractivity contribution < 1.29 is 4.74 Å². The van der Waals surface area contributed by atoms with Crippen LogP contribution in [0.3, 0.4) is 0 Å². The Morgan fingerprint density at radius 2 is 1.86 bits per heavy atom. The molecular weight excluding hydrogens is 554 g/mol. The topological polar surface area (TPSA) is 71.3 Å². The Labute approximate surface area is 260 Å². The molecule has 3 aromatic heterocycles. The monoisotopic (exact) mass is 599 g/mol. The highest BCUT2D eigenvalue weighted by atomic mass is 32.2. The molecule has 3 aromatic rings. The Balaban J connectivity index is 1.13. The van der Waals surface area contributed by atoms with E-state index in [0.29, 0.717) is 11.8 Å². The second-order valence-corrected chi connectivity index (χ2v) is 14.5. The minimum absolute atomic E-state index is 0.0225. The van der Waals surface area contributed by atoms with E-state index in [1.54, 1.807) is 0 Å². The second-order valence-electron chi connectivity index (χ2n) is 13.7. The summed E-state index contributed by atoms with van der Waals surface area (Å²) in [5, 5.41) is 5.69. The second kappa shape index (κ2) is 11.7. The molecule has 3 fully saturated rings. The first kappa shape index (κ1) is 28.6. The molecule has 5 heterocycles. The predicted octanol–water partition coefficient (Wildman–Crippen LogP) is 6.97. The minimum Gasteiger partial charge on any atom is -0.477 e.